The van der Waals surface area contributed by atoms with Crippen LogP contribution >= 0.6 is 0 Å². The van der Waals surface area contributed by atoms with Crippen LogP contribution in [0.4, 0.5) is 0 Å². The normalized spacial score (nSPS) is 20.8. The van der Waals surface area contributed by atoms with Crippen LogP contribution in [0.3, 0.4) is 0 Å². The molecule has 7 heteroatoms. The number of amides is 2. The van der Waals surface area contributed by atoms with E-state index < -0.39 is 17.9 Å². The number of carbonyl (C=O) groups excluding carboxylic acids is 2. The van der Waals surface area contributed by atoms with Crippen LogP contribution in [0.15, 0.2) is 29.4 Å². The van der Waals surface area contributed by atoms with Gasteiger partial charge in [-0.15, -0.1) is 0 Å². The predicted molar refractivity (Wildman–Crippen MR) is 81.7 cm³/mol. The molecule has 7 nitrogen and oxygen atoms in total. The van der Waals surface area contributed by atoms with E-state index in [1.54, 1.807) is 12.1 Å². The number of hydrazone groups is 1. The molecule has 0 aromatic heterocycles. The summed E-state index contributed by atoms with van der Waals surface area (Å²) in [6.45, 7) is 0.323. The Kier molecular flexibility index (Phi) is 3.85. The van der Waals surface area contributed by atoms with Crippen molar-refractivity contribution in [1.82, 2.24) is 9.91 Å². The Bertz CT molecular complexity index is 713. The second-order valence-corrected chi connectivity index (χ2v) is 5.65. The van der Waals surface area contributed by atoms with Crippen molar-refractivity contribution in [3.63, 3.8) is 0 Å². The van der Waals surface area contributed by atoms with Gasteiger partial charge in [0.1, 0.15) is 5.71 Å². The monoisotopic (exact) mass is 315 g/mol. The van der Waals surface area contributed by atoms with E-state index in [0.29, 0.717) is 18.5 Å². The number of hydrogen-bond donors (Lipinski definition) is 1. The Morgan fingerprint density at radius 1 is 1.22 bits per heavy atom. The van der Waals surface area contributed by atoms with Gasteiger partial charge < -0.3 is 10.0 Å². The Labute approximate surface area is 133 Å². The average molecular weight is 315 g/mol. The Balaban J connectivity index is 1.93. The molecule has 0 bridgehead atoms. The van der Waals surface area contributed by atoms with Crippen LogP contribution in [0.1, 0.15) is 30.0 Å². The second-order valence-electron chi connectivity index (χ2n) is 5.65. The molecule has 2 aliphatic rings. The lowest BCUT2D eigenvalue weighted by molar-refractivity contribution is -0.149. The average Bonchev–Trinajstić information content (AvgIpc) is 2.55. The van der Waals surface area contributed by atoms with Crippen molar-refractivity contribution >= 4 is 23.5 Å². The van der Waals surface area contributed by atoms with Crippen molar-refractivity contribution in [2.45, 2.75) is 25.3 Å². The lowest BCUT2D eigenvalue weighted by atomic mass is 9.92. The molecule has 2 amide bonds. The first-order chi connectivity index (χ1) is 11.0. The molecule has 1 aromatic rings. The first kappa shape index (κ1) is 15.2. The third-order valence-corrected chi connectivity index (χ3v) is 4.23. The van der Waals surface area contributed by atoms with Crippen molar-refractivity contribution in [2.75, 3.05) is 13.6 Å². The molecule has 0 fully saturated rings. The third kappa shape index (κ3) is 2.69. The molecule has 120 valence electrons. The molecule has 1 N–H and O–H groups in total. The number of carboxylic acids is 1. The number of carbonyl (C=O) groups is 3. The second kappa shape index (κ2) is 5.83. The van der Waals surface area contributed by atoms with E-state index >= 15 is 0 Å². The van der Waals surface area contributed by atoms with Gasteiger partial charge in [0, 0.05) is 26.4 Å². The zero-order chi connectivity index (χ0) is 16.6. The van der Waals surface area contributed by atoms with Crippen molar-refractivity contribution in [1.29, 1.82) is 0 Å². The van der Waals surface area contributed by atoms with Gasteiger partial charge in [0.2, 0.25) is 5.91 Å². The molecular formula is C16H17N3O4. The van der Waals surface area contributed by atoms with Gasteiger partial charge in [-0.3, -0.25) is 9.59 Å². The molecule has 0 spiro atoms. The van der Waals surface area contributed by atoms with Crippen LogP contribution in [0, 0.1) is 0 Å². The van der Waals surface area contributed by atoms with E-state index in [4.69, 9.17) is 0 Å². The van der Waals surface area contributed by atoms with Crippen LogP contribution in [0.5, 0.6) is 0 Å². The molecule has 23 heavy (non-hydrogen) atoms. The Morgan fingerprint density at radius 3 is 2.65 bits per heavy atom. The van der Waals surface area contributed by atoms with Gasteiger partial charge in [0.25, 0.3) is 5.91 Å². The summed E-state index contributed by atoms with van der Waals surface area (Å²) >= 11 is 0. The first-order valence-corrected chi connectivity index (χ1v) is 7.44. The van der Waals surface area contributed by atoms with Gasteiger partial charge in [-0.2, -0.15) is 5.10 Å². The Morgan fingerprint density at radius 2 is 1.96 bits per heavy atom. The summed E-state index contributed by atoms with van der Waals surface area (Å²) in [6.07, 6.45) is 1.06. The number of aliphatic carboxylic acids is 1. The van der Waals surface area contributed by atoms with Crippen molar-refractivity contribution < 1.29 is 19.5 Å². The van der Waals surface area contributed by atoms with Crippen molar-refractivity contribution in [3.8, 4) is 0 Å². The van der Waals surface area contributed by atoms with Gasteiger partial charge in [0.05, 0.1) is 0 Å². The van der Waals surface area contributed by atoms with Crippen LogP contribution < -0.4 is 0 Å². The van der Waals surface area contributed by atoms with E-state index in [9.17, 15) is 19.5 Å². The highest BCUT2D eigenvalue weighted by molar-refractivity contribution is 6.39. The fraction of sp³-hybridized carbons (Fsp3) is 0.375. The summed E-state index contributed by atoms with van der Waals surface area (Å²) in [5.41, 5.74) is 1.82. The molecule has 1 atom stereocenters. The maximum atomic E-state index is 12.7. The van der Waals surface area contributed by atoms with Crippen molar-refractivity contribution in [2.24, 2.45) is 5.10 Å². The topological polar surface area (TPSA) is 90.3 Å². The lowest BCUT2D eigenvalue weighted by Crippen LogP contribution is -2.47. The number of fused-ring (bicyclic) bond motifs is 1. The van der Waals surface area contributed by atoms with Gasteiger partial charge in [-0.25, -0.2) is 9.80 Å². The van der Waals surface area contributed by atoms with E-state index in [2.05, 4.69) is 5.10 Å². The quantitative estimate of drug-likeness (QED) is 0.874. The van der Waals surface area contributed by atoms with Gasteiger partial charge in [-0.05, 0) is 17.5 Å². The van der Waals surface area contributed by atoms with E-state index in [0.717, 1.165) is 10.6 Å². The van der Waals surface area contributed by atoms with E-state index in [-0.39, 0.29) is 24.5 Å². The van der Waals surface area contributed by atoms with Crippen LogP contribution in [0.25, 0.3) is 0 Å². The number of nitrogens with zero attached hydrogens (tertiary/aromatic N) is 3. The largest absolute Gasteiger partial charge is 0.479 e. The fourth-order valence-corrected chi connectivity index (χ4v) is 3.04. The molecule has 0 saturated heterocycles. The smallest absolute Gasteiger partial charge is 0.331 e. The number of benzene rings is 1. The van der Waals surface area contributed by atoms with E-state index in [1.807, 2.05) is 12.1 Å². The highest BCUT2D eigenvalue weighted by Crippen LogP contribution is 2.30. The van der Waals surface area contributed by atoms with E-state index in [1.165, 1.54) is 11.9 Å². The number of carboxylic acid groups (broad SMARTS) is 1. The van der Waals surface area contributed by atoms with Gasteiger partial charge in [-0.1, -0.05) is 24.3 Å². The minimum atomic E-state index is -1.06. The van der Waals surface area contributed by atoms with Gasteiger partial charge in [0.15, 0.2) is 6.04 Å². The molecular weight excluding hydrogens is 298 g/mol. The molecule has 1 unspecified atom stereocenters. The Hall–Kier alpha value is -2.70. The zero-order valence-corrected chi connectivity index (χ0v) is 12.7. The van der Waals surface area contributed by atoms with Crippen LogP contribution in [-0.4, -0.2) is 52.1 Å². The zero-order valence-electron chi connectivity index (χ0n) is 12.7. The maximum absolute atomic E-state index is 12.7. The molecule has 2 aliphatic heterocycles. The summed E-state index contributed by atoms with van der Waals surface area (Å²) in [4.78, 5) is 37.3. The molecule has 3 rings (SSSR count). The minimum absolute atomic E-state index is 0.152. The van der Waals surface area contributed by atoms with Crippen molar-refractivity contribution in [3.05, 3.63) is 35.4 Å². The molecule has 0 saturated carbocycles. The summed E-state index contributed by atoms with van der Waals surface area (Å²) in [5.74, 6) is -1.63. The summed E-state index contributed by atoms with van der Waals surface area (Å²) in [7, 11) is 1.49. The number of hydrogen-bond acceptors (Lipinski definition) is 4. The highest BCUT2D eigenvalue weighted by Gasteiger charge is 2.38. The predicted octanol–water partition coefficient (Wildman–Crippen LogP) is 0.805. The van der Waals surface area contributed by atoms with Crippen LogP contribution in [-0.2, 0) is 20.8 Å². The molecule has 0 radical (unpaired) electrons. The summed E-state index contributed by atoms with van der Waals surface area (Å²) in [6, 6.07) is 6.25. The minimum Gasteiger partial charge on any atom is -0.479 e. The standard InChI is InChI=1S/C16H17N3O4/c1-18-13(20)7-6-12(17-18)15(21)19-9-8-10-4-2-3-5-11(10)14(19)16(22)23/h2-5,14H,6-9H2,1H3,(H,22,23). The fourth-order valence-electron chi connectivity index (χ4n) is 3.04. The molecule has 0 aliphatic carbocycles. The SMILES string of the molecule is CN1N=C(C(=O)N2CCc3ccccc3C2C(=O)O)CCC1=O. The summed E-state index contributed by atoms with van der Waals surface area (Å²) < 4.78 is 0. The lowest BCUT2D eigenvalue weighted by Gasteiger charge is -2.35. The molecule has 2 heterocycles. The van der Waals surface area contributed by atoms with Gasteiger partial charge >= 0.3 is 5.97 Å². The first-order valence-electron chi connectivity index (χ1n) is 7.44. The maximum Gasteiger partial charge on any atom is 0.331 e. The molecule has 1 aromatic carbocycles. The third-order valence-electron chi connectivity index (χ3n) is 4.23. The summed E-state index contributed by atoms with van der Waals surface area (Å²) in [5, 5.41) is 14.7. The number of rotatable bonds is 2. The van der Waals surface area contributed by atoms with Crippen LogP contribution in [0.2, 0.25) is 0 Å². The highest BCUT2D eigenvalue weighted by atomic mass is 16.4.